The van der Waals surface area contributed by atoms with E-state index < -0.39 is 10.7 Å². The third kappa shape index (κ3) is 3.33. The van der Waals surface area contributed by atoms with Crippen molar-refractivity contribution in [1.29, 1.82) is 0 Å². The number of hydrogen-bond acceptors (Lipinski definition) is 2. The molecule has 0 aliphatic carbocycles. The van der Waals surface area contributed by atoms with E-state index in [1.165, 1.54) is 0 Å². The molecule has 0 spiro atoms. The Morgan fingerprint density at radius 2 is 2.17 bits per heavy atom. The van der Waals surface area contributed by atoms with Crippen molar-refractivity contribution < 1.29 is 13.2 Å². The van der Waals surface area contributed by atoms with E-state index in [1.54, 1.807) is 0 Å². The molecule has 0 fully saturated rings. The number of nitrogens with zero attached hydrogens (tertiary/aromatic N) is 2. The van der Waals surface area contributed by atoms with Crippen molar-refractivity contribution in [3.05, 3.63) is 5.53 Å². The van der Waals surface area contributed by atoms with Gasteiger partial charge in [0, 0.05) is 0 Å². The van der Waals surface area contributed by atoms with Gasteiger partial charge in [-0.25, -0.2) is 8.42 Å². The van der Waals surface area contributed by atoms with Crippen LogP contribution < -0.4 is 0 Å². The molecule has 4 nitrogen and oxygen atoms in total. The highest BCUT2D eigenvalue weighted by molar-refractivity contribution is 7.86. The predicted octanol–water partition coefficient (Wildman–Crippen LogP) is -1.14. The van der Waals surface area contributed by atoms with Gasteiger partial charge in [-0.3, -0.25) is 0 Å². The van der Waals surface area contributed by atoms with Gasteiger partial charge in [-0.2, -0.15) is 4.79 Å². The molecule has 0 aromatic heterocycles. The molecule has 0 radical (unpaired) electrons. The SMILES string of the molecule is [N-]=[N+]=C[SH](=O)=O. The second kappa shape index (κ2) is 2.56. The lowest BCUT2D eigenvalue weighted by Crippen LogP contribution is -1.72. The lowest BCUT2D eigenvalue weighted by atomic mass is 11.7. The number of rotatable bonds is 1. The molecule has 0 unspecified atom stereocenters. The maximum absolute atomic E-state index is 9.33. The molecule has 0 saturated carbocycles. The molecule has 0 aromatic rings. The average molecular weight is 106 g/mol. The summed E-state index contributed by atoms with van der Waals surface area (Å²) in [5.41, 5.74) is 7.85. The number of hydrogen-bond donors (Lipinski definition) is 1. The molecule has 34 valence electrons. The van der Waals surface area contributed by atoms with Crippen LogP contribution in [-0.2, 0) is 10.7 Å². The number of thiol groups is 1. The van der Waals surface area contributed by atoms with Crippen LogP contribution >= 0.6 is 0 Å². The smallest absolute Gasteiger partial charge is 0.361 e. The minimum Gasteiger partial charge on any atom is -0.361 e. The van der Waals surface area contributed by atoms with Crippen LogP contribution in [0.15, 0.2) is 0 Å². The first-order valence-corrected chi connectivity index (χ1v) is 2.33. The first-order valence-electron chi connectivity index (χ1n) is 1.08. The predicted molar refractivity (Wildman–Crippen MR) is 20.0 cm³/mol. The summed E-state index contributed by atoms with van der Waals surface area (Å²) in [6.07, 6.45) is 0. The van der Waals surface area contributed by atoms with Crippen LogP contribution in [0.4, 0.5) is 0 Å². The van der Waals surface area contributed by atoms with Crippen molar-refractivity contribution in [3.63, 3.8) is 0 Å². The lowest BCUT2D eigenvalue weighted by Gasteiger charge is -1.43. The summed E-state index contributed by atoms with van der Waals surface area (Å²) in [5, 5.41) is 0. The highest BCUT2D eigenvalue weighted by Crippen LogP contribution is 1.38. The second-order valence-electron chi connectivity index (χ2n) is 0.516. The molecule has 0 amide bonds. The molecule has 0 aliphatic heterocycles. The molecule has 0 aliphatic rings. The van der Waals surface area contributed by atoms with Crippen LogP contribution in [0.25, 0.3) is 5.53 Å². The third-order valence-corrected chi connectivity index (χ3v) is 0.438. The summed E-state index contributed by atoms with van der Waals surface area (Å²) in [5.74, 6) is 0. The molecule has 0 atom stereocenters. The van der Waals surface area contributed by atoms with Crippen molar-refractivity contribution in [2.75, 3.05) is 0 Å². The molecular weight excluding hydrogens is 104 g/mol. The first kappa shape index (κ1) is 5.33. The van der Waals surface area contributed by atoms with E-state index >= 15 is 0 Å². The summed E-state index contributed by atoms with van der Waals surface area (Å²) in [7, 11) is -2.64. The van der Waals surface area contributed by atoms with Crippen molar-refractivity contribution in [3.8, 4) is 0 Å². The minimum atomic E-state index is -2.64. The first-order chi connectivity index (χ1) is 2.77. The summed E-state index contributed by atoms with van der Waals surface area (Å²) < 4.78 is 18.7. The highest BCUT2D eigenvalue weighted by atomic mass is 32.2. The van der Waals surface area contributed by atoms with Crippen LogP contribution in [0.3, 0.4) is 0 Å². The van der Waals surface area contributed by atoms with Gasteiger partial charge in [-0.1, -0.05) is 0 Å². The minimum absolute atomic E-state index is 0.426. The van der Waals surface area contributed by atoms with Crippen LogP contribution in [-0.4, -0.2) is 18.8 Å². The van der Waals surface area contributed by atoms with E-state index in [0.29, 0.717) is 5.55 Å². The summed E-state index contributed by atoms with van der Waals surface area (Å²) in [6.45, 7) is 0. The van der Waals surface area contributed by atoms with E-state index in [0.717, 1.165) is 0 Å². The molecule has 0 heterocycles. The molecular formula is CH2N2O2S. The molecule has 0 N–H and O–H groups in total. The Morgan fingerprint density at radius 3 is 2.17 bits per heavy atom. The molecule has 6 heavy (non-hydrogen) atoms. The highest BCUT2D eigenvalue weighted by Gasteiger charge is 1.72. The van der Waals surface area contributed by atoms with Gasteiger partial charge < -0.3 is 5.53 Å². The normalized spacial score (nSPS) is 7.50. The quantitative estimate of drug-likeness (QED) is 0.151. The van der Waals surface area contributed by atoms with Gasteiger partial charge in [0.2, 0.25) is 10.7 Å². The molecule has 0 aromatic carbocycles. The monoisotopic (exact) mass is 106 g/mol. The summed E-state index contributed by atoms with van der Waals surface area (Å²) in [6, 6.07) is 0. The Balaban J connectivity index is 3.98. The molecule has 0 bridgehead atoms. The Labute approximate surface area is 36.0 Å². The zero-order valence-corrected chi connectivity index (χ0v) is 3.63. The van der Waals surface area contributed by atoms with Gasteiger partial charge >= 0.3 is 5.55 Å². The van der Waals surface area contributed by atoms with Crippen LogP contribution in [0, 0.1) is 0 Å². The fraction of sp³-hybridized carbons (Fsp3) is 0. The van der Waals surface area contributed by atoms with Gasteiger partial charge in [-0.15, -0.1) is 0 Å². The Kier molecular flexibility index (Phi) is 2.27. The molecule has 5 heteroatoms. The zero-order chi connectivity index (χ0) is 4.99. The largest absolute Gasteiger partial charge is 0.367 e. The summed E-state index contributed by atoms with van der Waals surface area (Å²) in [4.78, 5) is 2.21. The molecule has 0 saturated heterocycles. The fourth-order valence-electron chi connectivity index (χ4n) is 0.0422. The van der Waals surface area contributed by atoms with Gasteiger partial charge in [0.1, 0.15) is 0 Å². The topological polar surface area (TPSA) is 70.5 Å². The van der Waals surface area contributed by atoms with Crippen molar-refractivity contribution in [1.82, 2.24) is 0 Å². The van der Waals surface area contributed by atoms with Gasteiger partial charge in [0.25, 0.3) is 0 Å². The van der Waals surface area contributed by atoms with Crippen molar-refractivity contribution >= 4 is 16.3 Å². The van der Waals surface area contributed by atoms with Crippen LogP contribution in [0.2, 0.25) is 0 Å². The van der Waals surface area contributed by atoms with Crippen molar-refractivity contribution in [2.45, 2.75) is 0 Å². The van der Waals surface area contributed by atoms with Gasteiger partial charge in [-0.05, 0) is 0 Å². The Hall–Kier alpha value is -0.670. The fourth-order valence-corrected chi connectivity index (χ4v) is 0.126. The van der Waals surface area contributed by atoms with E-state index in [2.05, 4.69) is 4.79 Å². The Morgan fingerprint density at radius 1 is 1.67 bits per heavy atom. The lowest BCUT2D eigenvalue weighted by molar-refractivity contribution is 0.00781. The van der Waals surface area contributed by atoms with Crippen LogP contribution in [0.5, 0.6) is 0 Å². The summed E-state index contributed by atoms with van der Waals surface area (Å²) >= 11 is 0. The second-order valence-corrected chi connectivity index (χ2v) is 1.32. The van der Waals surface area contributed by atoms with Gasteiger partial charge in [0.15, 0.2) is 0 Å². The van der Waals surface area contributed by atoms with Crippen molar-refractivity contribution in [2.24, 2.45) is 0 Å². The third-order valence-electron chi connectivity index (χ3n) is 0.146. The van der Waals surface area contributed by atoms with Crippen LogP contribution in [0.1, 0.15) is 0 Å². The molecule has 0 rings (SSSR count). The standard InChI is InChI=1S/CH2N2O2S/c2-3-1-6(4)5/h1,6H. The Bertz CT molecular complexity index is 134. The van der Waals surface area contributed by atoms with Gasteiger partial charge in [0.05, 0.1) is 0 Å². The van der Waals surface area contributed by atoms with E-state index in [-0.39, 0.29) is 0 Å². The maximum Gasteiger partial charge on any atom is 0.367 e. The van der Waals surface area contributed by atoms with E-state index in [9.17, 15) is 8.42 Å². The average Bonchev–Trinajstić information content (AvgIpc) is 1.35. The zero-order valence-electron chi connectivity index (χ0n) is 2.74. The van der Waals surface area contributed by atoms with E-state index in [1.807, 2.05) is 0 Å². The maximum atomic E-state index is 9.33. The van der Waals surface area contributed by atoms with E-state index in [4.69, 9.17) is 5.53 Å².